The minimum Gasteiger partial charge on any atom is -0.297 e. The van der Waals surface area contributed by atoms with E-state index in [9.17, 15) is 4.79 Å². The first-order valence-corrected chi connectivity index (χ1v) is 5.81. The molecule has 2 aliphatic rings. The molecule has 14 heavy (non-hydrogen) atoms. The molecule has 0 unspecified atom stereocenters. The van der Waals surface area contributed by atoms with Crippen LogP contribution in [0.2, 0.25) is 0 Å². The number of rotatable bonds is 3. The normalized spacial score (nSPS) is 36.6. The molecule has 1 saturated heterocycles. The summed E-state index contributed by atoms with van der Waals surface area (Å²) >= 11 is 0. The number of hydrogen-bond acceptors (Lipinski definition) is 2. The third-order valence-corrected chi connectivity index (χ3v) is 3.88. The van der Waals surface area contributed by atoms with Crippen LogP contribution in [0.25, 0.3) is 0 Å². The zero-order chi connectivity index (χ0) is 10.5. The maximum absolute atomic E-state index is 12.2. The number of carbonyl (C=O) groups excluding carboxylic acids is 1. The molecular formula is C12H21NO. The number of piperidine rings is 1. The standard InChI is InChI=1S/C12H21NO/c1-8(2)11(14)12-7-10(12)5-6-13(12)9(3)4/h8-10H,5-7H2,1-4H3/t10-,12+/m1/s1. The molecule has 1 aliphatic carbocycles. The van der Waals surface area contributed by atoms with Gasteiger partial charge in [0.1, 0.15) is 0 Å². The van der Waals surface area contributed by atoms with Crippen LogP contribution in [0, 0.1) is 11.8 Å². The van der Waals surface area contributed by atoms with Crippen LogP contribution < -0.4 is 0 Å². The SMILES string of the molecule is CC(C)C(=O)[C@]12C[C@H]1CCN2C(C)C. The fraction of sp³-hybridized carbons (Fsp3) is 0.917. The molecule has 0 amide bonds. The summed E-state index contributed by atoms with van der Waals surface area (Å²) < 4.78 is 0. The van der Waals surface area contributed by atoms with E-state index in [1.807, 2.05) is 13.8 Å². The second-order valence-corrected chi connectivity index (χ2v) is 5.42. The largest absolute Gasteiger partial charge is 0.297 e. The second kappa shape index (κ2) is 3.06. The average Bonchev–Trinajstić information content (AvgIpc) is 2.71. The van der Waals surface area contributed by atoms with Gasteiger partial charge < -0.3 is 0 Å². The highest BCUT2D eigenvalue weighted by Crippen LogP contribution is 2.57. The molecule has 0 aromatic rings. The molecule has 2 nitrogen and oxygen atoms in total. The topological polar surface area (TPSA) is 20.3 Å². The van der Waals surface area contributed by atoms with Gasteiger partial charge in [-0.2, -0.15) is 0 Å². The van der Waals surface area contributed by atoms with Gasteiger partial charge in [0.15, 0.2) is 5.78 Å². The Hall–Kier alpha value is -0.370. The van der Waals surface area contributed by atoms with Crippen molar-refractivity contribution in [2.45, 2.75) is 52.1 Å². The molecule has 2 atom stereocenters. The molecule has 1 aliphatic heterocycles. The van der Waals surface area contributed by atoms with Gasteiger partial charge in [0, 0.05) is 12.0 Å². The van der Waals surface area contributed by atoms with E-state index in [2.05, 4.69) is 18.7 Å². The zero-order valence-electron chi connectivity index (χ0n) is 9.71. The van der Waals surface area contributed by atoms with Crippen molar-refractivity contribution in [3.8, 4) is 0 Å². The second-order valence-electron chi connectivity index (χ2n) is 5.42. The maximum Gasteiger partial charge on any atom is 0.155 e. The maximum atomic E-state index is 12.2. The minimum atomic E-state index is -0.0255. The summed E-state index contributed by atoms with van der Waals surface area (Å²) in [5, 5.41) is 0. The molecule has 2 fully saturated rings. The lowest BCUT2D eigenvalue weighted by molar-refractivity contribution is -0.129. The predicted molar refractivity (Wildman–Crippen MR) is 57.1 cm³/mol. The van der Waals surface area contributed by atoms with E-state index >= 15 is 0 Å². The average molecular weight is 195 g/mol. The Morgan fingerprint density at radius 3 is 2.43 bits per heavy atom. The summed E-state index contributed by atoms with van der Waals surface area (Å²) in [5.41, 5.74) is -0.0255. The van der Waals surface area contributed by atoms with E-state index in [4.69, 9.17) is 0 Å². The summed E-state index contributed by atoms with van der Waals surface area (Å²) in [4.78, 5) is 14.6. The molecule has 0 spiro atoms. The van der Waals surface area contributed by atoms with Crippen LogP contribution in [0.15, 0.2) is 0 Å². The van der Waals surface area contributed by atoms with Gasteiger partial charge in [0.25, 0.3) is 0 Å². The monoisotopic (exact) mass is 195 g/mol. The first-order chi connectivity index (χ1) is 6.50. The molecule has 0 radical (unpaired) electrons. The van der Waals surface area contributed by atoms with Crippen molar-refractivity contribution in [2.75, 3.05) is 6.54 Å². The molecule has 2 heteroatoms. The van der Waals surface area contributed by atoms with Crippen molar-refractivity contribution in [1.82, 2.24) is 4.90 Å². The summed E-state index contributed by atoms with van der Waals surface area (Å²) in [6.45, 7) is 9.60. The summed E-state index contributed by atoms with van der Waals surface area (Å²) in [6, 6.07) is 0.519. The van der Waals surface area contributed by atoms with Crippen LogP contribution in [0.1, 0.15) is 40.5 Å². The zero-order valence-corrected chi connectivity index (χ0v) is 9.71. The molecule has 0 N–H and O–H groups in total. The summed E-state index contributed by atoms with van der Waals surface area (Å²) in [6.07, 6.45) is 2.36. The van der Waals surface area contributed by atoms with E-state index in [1.165, 1.54) is 6.42 Å². The van der Waals surface area contributed by atoms with Gasteiger partial charge in [0.05, 0.1) is 5.54 Å². The van der Waals surface area contributed by atoms with Crippen LogP contribution >= 0.6 is 0 Å². The Labute approximate surface area is 86.7 Å². The summed E-state index contributed by atoms with van der Waals surface area (Å²) in [5.74, 6) is 1.35. The van der Waals surface area contributed by atoms with Crippen LogP contribution in [0.3, 0.4) is 0 Å². The van der Waals surface area contributed by atoms with Crippen molar-refractivity contribution in [2.24, 2.45) is 11.8 Å². The molecule has 80 valence electrons. The van der Waals surface area contributed by atoms with Crippen LogP contribution in [-0.4, -0.2) is 28.8 Å². The van der Waals surface area contributed by atoms with Gasteiger partial charge in [-0.25, -0.2) is 0 Å². The number of hydrogen-bond donors (Lipinski definition) is 0. The first-order valence-electron chi connectivity index (χ1n) is 5.81. The highest BCUT2D eigenvalue weighted by Gasteiger charge is 2.66. The number of likely N-dealkylation sites (tertiary alicyclic amines) is 1. The number of ketones is 1. The van der Waals surface area contributed by atoms with Gasteiger partial charge in [-0.05, 0) is 39.2 Å². The predicted octanol–water partition coefficient (Wildman–Crippen LogP) is 2.08. The molecule has 0 bridgehead atoms. The van der Waals surface area contributed by atoms with Crippen LogP contribution in [0.5, 0.6) is 0 Å². The molecule has 2 rings (SSSR count). The third kappa shape index (κ3) is 1.16. The molecular weight excluding hydrogens is 174 g/mol. The molecule has 1 saturated carbocycles. The Bertz CT molecular complexity index is 259. The van der Waals surface area contributed by atoms with E-state index in [0.717, 1.165) is 13.0 Å². The van der Waals surface area contributed by atoms with Gasteiger partial charge in [-0.15, -0.1) is 0 Å². The van der Waals surface area contributed by atoms with Gasteiger partial charge in [-0.3, -0.25) is 9.69 Å². The first kappa shape index (κ1) is 10.2. The van der Waals surface area contributed by atoms with E-state index in [1.54, 1.807) is 0 Å². The van der Waals surface area contributed by atoms with Gasteiger partial charge in [0.2, 0.25) is 0 Å². The van der Waals surface area contributed by atoms with Crippen molar-refractivity contribution in [3.63, 3.8) is 0 Å². The van der Waals surface area contributed by atoms with E-state index < -0.39 is 0 Å². The van der Waals surface area contributed by atoms with Crippen molar-refractivity contribution >= 4 is 5.78 Å². The molecule has 0 aromatic heterocycles. The van der Waals surface area contributed by atoms with Crippen LogP contribution in [0.4, 0.5) is 0 Å². The lowest BCUT2D eigenvalue weighted by atomic mass is 9.97. The van der Waals surface area contributed by atoms with E-state index in [-0.39, 0.29) is 11.5 Å². The fourth-order valence-electron chi connectivity index (χ4n) is 3.17. The quantitative estimate of drug-likeness (QED) is 0.687. The lowest BCUT2D eigenvalue weighted by Crippen LogP contribution is -2.47. The van der Waals surface area contributed by atoms with Gasteiger partial charge in [-0.1, -0.05) is 13.8 Å². The fourth-order valence-corrected chi connectivity index (χ4v) is 3.17. The minimum absolute atomic E-state index is 0.0255. The van der Waals surface area contributed by atoms with Crippen molar-refractivity contribution in [3.05, 3.63) is 0 Å². The smallest absolute Gasteiger partial charge is 0.155 e. The number of carbonyl (C=O) groups is 1. The Morgan fingerprint density at radius 1 is 1.36 bits per heavy atom. The summed E-state index contributed by atoms with van der Waals surface area (Å²) in [7, 11) is 0. The van der Waals surface area contributed by atoms with Crippen LogP contribution in [-0.2, 0) is 4.79 Å². The number of fused-ring (bicyclic) bond motifs is 1. The van der Waals surface area contributed by atoms with Gasteiger partial charge >= 0.3 is 0 Å². The Morgan fingerprint density at radius 2 is 2.00 bits per heavy atom. The lowest BCUT2D eigenvalue weighted by Gasteiger charge is -2.31. The Balaban J connectivity index is 2.20. The number of nitrogens with zero attached hydrogens (tertiary/aromatic N) is 1. The number of Topliss-reactive ketones (excluding diaryl/α,β-unsaturated/α-hetero) is 1. The highest BCUT2D eigenvalue weighted by atomic mass is 16.1. The highest BCUT2D eigenvalue weighted by molar-refractivity contribution is 5.94. The molecule has 1 heterocycles. The van der Waals surface area contributed by atoms with Crippen molar-refractivity contribution < 1.29 is 4.79 Å². The third-order valence-electron chi connectivity index (χ3n) is 3.88. The molecule has 0 aromatic carbocycles. The van der Waals surface area contributed by atoms with E-state index in [0.29, 0.717) is 17.7 Å². The Kier molecular flexibility index (Phi) is 2.22. The van der Waals surface area contributed by atoms with Crippen molar-refractivity contribution in [1.29, 1.82) is 0 Å².